The fraction of sp³-hybridized carbons (Fsp3) is 0.947. The van der Waals surface area contributed by atoms with E-state index in [1.165, 1.54) is 218 Å². The first-order valence-corrected chi connectivity index (χ1v) is 42.1. The standard InChI is InChI=1S/C75H146O17P2/c1-6-9-12-15-18-21-24-26-27-28-29-30-35-41-46-51-56-61-75(80)92-71(65-86-73(78)59-54-49-44-39-36-31-33-37-42-47-52-57-68(4)5)67-90-94(83,84)88-63-69(76)62-87-93(81,82)89-66-70(64-85-72(77)58-53-48-43-38-32-23-20-17-14-11-8-3)91-74(79)60-55-50-45-40-34-25-22-19-16-13-10-7-2/h68-71,76H,6-67H2,1-5H3,(H,81,82)(H,83,84)/t69-,70+,71+/m0/s1. The van der Waals surface area contributed by atoms with E-state index in [4.69, 9.17) is 37.0 Å². The van der Waals surface area contributed by atoms with Crippen molar-refractivity contribution in [3.05, 3.63) is 0 Å². The van der Waals surface area contributed by atoms with Crippen LogP contribution in [0.4, 0.5) is 0 Å². The van der Waals surface area contributed by atoms with E-state index in [2.05, 4.69) is 34.6 Å². The third-order valence-electron chi connectivity index (χ3n) is 17.5. The van der Waals surface area contributed by atoms with Gasteiger partial charge in [-0.05, 0) is 31.6 Å². The number of carbonyl (C=O) groups is 4. The molecule has 0 amide bonds. The molecule has 17 nitrogen and oxygen atoms in total. The van der Waals surface area contributed by atoms with Gasteiger partial charge in [0.05, 0.1) is 26.4 Å². The zero-order valence-electron chi connectivity index (χ0n) is 61.1. The van der Waals surface area contributed by atoms with Crippen LogP contribution in [0.3, 0.4) is 0 Å². The summed E-state index contributed by atoms with van der Waals surface area (Å²) in [5.74, 6) is -1.34. The molecular weight excluding hydrogens is 1230 g/mol. The quantitative estimate of drug-likeness (QED) is 0.0222. The molecule has 0 aromatic heterocycles. The van der Waals surface area contributed by atoms with Gasteiger partial charge in [0, 0.05) is 25.7 Å². The number of esters is 4. The van der Waals surface area contributed by atoms with Gasteiger partial charge >= 0.3 is 39.5 Å². The highest BCUT2D eigenvalue weighted by molar-refractivity contribution is 7.47. The zero-order valence-corrected chi connectivity index (χ0v) is 62.9. The van der Waals surface area contributed by atoms with Crippen LogP contribution in [0.15, 0.2) is 0 Å². The van der Waals surface area contributed by atoms with Crippen LogP contribution in [0.5, 0.6) is 0 Å². The Morgan fingerprint density at radius 1 is 0.287 bits per heavy atom. The summed E-state index contributed by atoms with van der Waals surface area (Å²) in [6, 6.07) is 0. The molecule has 0 heterocycles. The molecular formula is C75H146O17P2. The Morgan fingerprint density at radius 3 is 0.723 bits per heavy atom. The van der Waals surface area contributed by atoms with Gasteiger partial charge in [-0.1, -0.05) is 343 Å². The van der Waals surface area contributed by atoms with Crippen molar-refractivity contribution >= 4 is 39.5 Å². The minimum Gasteiger partial charge on any atom is -0.462 e. The van der Waals surface area contributed by atoms with Crippen LogP contribution in [-0.2, 0) is 65.4 Å². The molecule has 0 fully saturated rings. The van der Waals surface area contributed by atoms with Gasteiger partial charge in [-0.25, -0.2) is 9.13 Å². The lowest BCUT2D eigenvalue weighted by Gasteiger charge is -2.21. The van der Waals surface area contributed by atoms with Gasteiger partial charge < -0.3 is 33.8 Å². The molecule has 0 spiro atoms. The summed E-state index contributed by atoms with van der Waals surface area (Å²) in [5.41, 5.74) is 0. The first-order chi connectivity index (χ1) is 45.5. The first kappa shape index (κ1) is 92.1. The number of carbonyl (C=O) groups excluding carboxylic acids is 4. The molecule has 19 heteroatoms. The third-order valence-corrected chi connectivity index (χ3v) is 19.4. The van der Waals surface area contributed by atoms with Gasteiger partial charge in [0.2, 0.25) is 0 Å². The number of hydrogen-bond acceptors (Lipinski definition) is 15. The zero-order chi connectivity index (χ0) is 69.1. The summed E-state index contributed by atoms with van der Waals surface area (Å²) in [5, 5.41) is 10.6. The van der Waals surface area contributed by atoms with Crippen LogP contribution in [0.2, 0.25) is 0 Å². The molecule has 94 heavy (non-hydrogen) atoms. The Morgan fingerprint density at radius 2 is 0.489 bits per heavy atom. The fourth-order valence-electron chi connectivity index (χ4n) is 11.5. The van der Waals surface area contributed by atoms with Gasteiger partial charge in [-0.3, -0.25) is 37.3 Å². The highest BCUT2D eigenvalue weighted by Gasteiger charge is 2.30. The fourth-order valence-corrected chi connectivity index (χ4v) is 13.1. The van der Waals surface area contributed by atoms with E-state index in [9.17, 15) is 43.2 Å². The molecule has 5 atom stereocenters. The van der Waals surface area contributed by atoms with Crippen molar-refractivity contribution in [1.29, 1.82) is 0 Å². The van der Waals surface area contributed by atoms with Gasteiger partial charge in [-0.15, -0.1) is 0 Å². The van der Waals surface area contributed by atoms with Crippen LogP contribution >= 0.6 is 15.6 Å². The number of aliphatic hydroxyl groups is 1. The second-order valence-electron chi connectivity index (χ2n) is 27.5. The van der Waals surface area contributed by atoms with Crippen molar-refractivity contribution in [2.24, 2.45) is 5.92 Å². The van der Waals surface area contributed by atoms with Gasteiger partial charge in [0.25, 0.3) is 0 Å². The Balaban J connectivity index is 5.25. The summed E-state index contributed by atoms with van der Waals surface area (Å²) in [6.45, 7) is 7.29. The smallest absolute Gasteiger partial charge is 0.462 e. The largest absolute Gasteiger partial charge is 0.472 e. The minimum atomic E-state index is -4.96. The Labute approximate surface area is 575 Å². The number of phosphoric ester groups is 2. The highest BCUT2D eigenvalue weighted by Crippen LogP contribution is 2.45. The van der Waals surface area contributed by atoms with Gasteiger partial charge in [0.15, 0.2) is 12.2 Å². The van der Waals surface area contributed by atoms with Crippen molar-refractivity contribution in [3.8, 4) is 0 Å². The van der Waals surface area contributed by atoms with E-state index in [-0.39, 0.29) is 25.7 Å². The number of phosphoric acid groups is 2. The maximum Gasteiger partial charge on any atom is 0.472 e. The SMILES string of the molecule is CCCCCCCCCCCCCCCCCCCC(=O)O[C@H](COC(=O)CCCCCCCCCCCCCC(C)C)COP(=O)(O)OC[C@@H](O)COP(=O)(O)OC[C@@H](COC(=O)CCCCCCCCCCCCC)OC(=O)CCCCCCCCCCCCCC. The molecule has 0 aliphatic carbocycles. The molecule has 0 bridgehead atoms. The van der Waals surface area contributed by atoms with Crippen LogP contribution in [0.1, 0.15) is 394 Å². The van der Waals surface area contributed by atoms with E-state index in [1.807, 2.05) is 0 Å². The molecule has 3 N–H and O–H groups in total. The maximum absolute atomic E-state index is 13.1. The summed E-state index contributed by atoms with van der Waals surface area (Å²) in [7, 11) is -9.91. The van der Waals surface area contributed by atoms with E-state index < -0.39 is 97.5 Å². The average molecular weight is 1380 g/mol. The normalized spacial score (nSPS) is 14.0. The first-order valence-electron chi connectivity index (χ1n) is 39.1. The molecule has 0 rings (SSSR count). The number of aliphatic hydroxyl groups excluding tert-OH is 1. The van der Waals surface area contributed by atoms with Crippen molar-refractivity contribution in [1.82, 2.24) is 0 Å². The predicted molar refractivity (Wildman–Crippen MR) is 382 cm³/mol. The van der Waals surface area contributed by atoms with Gasteiger partial charge in [-0.2, -0.15) is 0 Å². The molecule has 0 aromatic carbocycles. The number of unbranched alkanes of at least 4 members (excludes halogenated alkanes) is 47. The lowest BCUT2D eigenvalue weighted by Crippen LogP contribution is -2.30. The van der Waals surface area contributed by atoms with Gasteiger partial charge in [0.1, 0.15) is 19.3 Å². The second-order valence-corrected chi connectivity index (χ2v) is 30.4. The summed E-state index contributed by atoms with van der Waals surface area (Å²) < 4.78 is 68.5. The molecule has 0 radical (unpaired) electrons. The van der Waals surface area contributed by atoms with Crippen molar-refractivity contribution in [3.63, 3.8) is 0 Å². The predicted octanol–water partition coefficient (Wildman–Crippen LogP) is 22.1. The van der Waals surface area contributed by atoms with Crippen LogP contribution in [0.25, 0.3) is 0 Å². The molecule has 0 aromatic rings. The average Bonchev–Trinajstić information content (AvgIpc) is 2.59. The topological polar surface area (TPSA) is 237 Å². The van der Waals surface area contributed by atoms with Crippen molar-refractivity contribution in [2.45, 2.75) is 412 Å². The van der Waals surface area contributed by atoms with Crippen LogP contribution in [0, 0.1) is 5.92 Å². The lowest BCUT2D eigenvalue weighted by molar-refractivity contribution is -0.161. The molecule has 0 aliphatic rings. The minimum absolute atomic E-state index is 0.108. The maximum atomic E-state index is 13.1. The second kappa shape index (κ2) is 68.2. The molecule has 0 saturated carbocycles. The van der Waals surface area contributed by atoms with E-state index in [0.717, 1.165) is 95.8 Å². The Bertz CT molecular complexity index is 1810. The number of rotatable bonds is 75. The number of hydrogen-bond donors (Lipinski definition) is 3. The summed E-state index contributed by atoms with van der Waals surface area (Å²) >= 11 is 0. The monoisotopic (exact) mass is 1380 g/mol. The van der Waals surface area contributed by atoms with E-state index in [0.29, 0.717) is 25.7 Å². The Kier molecular flexibility index (Phi) is 66.8. The molecule has 0 aliphatic heterocycles. The highest BCUT2D eigenvalue weighted by atomic mass is 31.2. The summed E-state index contributed by atoms with van der Waals surface area (Å²) in [6.07, 6.45) is 56.7. The van der Waals surface area contributed by atoms with E-state index >= 15 is 0 Å². The molecule has 0 saturated heterocycles. The van der Waals surface area contributed by atoms with Crippen molar-refractivity contribution in [2.75, 3.05) is 39.6 Å². The van der Waals surface area contributed by atoms with Crippen molar-refractivity contribution < 1.29 is 80.2 Å². The lowest BCUT2D eigenvalue weighted by atomic mass is 10.0. The third kappa shape index (κ3) is 68.6. The van der Waals surface area contributed by atoms with Crippen LogP contribution in [-0.4, -0.2) is 96.7 Å². The summed E-state index contributed by atoms with van der Waals surface area (Å²) in [4.78, 5) is 72.8. The van der Waals surface area contributed by atoms with Crippen LogP contribution < -0.4 is 0 Å². The Hall–Kier alpha value is -1.94. The molecule has 2 unspecified atom stereocenters. The molecule has 558 valence electrons. The number of ether oxygens (including phenoxy) is 4. The van der Waals surface area contributed by atoms with E-state index in [1.54, 1.807) is 0 Å².